The minimum absolute atomic E-state index is 0.0566. The minimum atomic E-state index is -0.449. The number of hydrogen-bond donors (Lipinski definition) is 1. The highest BCUT2D eigenvalue weighted by molar-refractivity contribution is 5.78. The molecule has 1 heterocycles. The predicted octanol–water partition coefficient (Wildman–Crippen LogP) is 2.07. The molecule has 0 saturated carbocycles. The zero-order valence-corrected chi connectivity index (χ0v) is 10.1. The maximum atomic E-state index is 11.4. The van der Waals surface area contributed by atoms with Crippen molar-refractivity contribution < 1.29 is 9.53 Å². The third kappa shape index (κ3) is 2.55. The maximum Gasteiger partial charge on any atom is 0.412 e. The Morgan fingerprint density at radius 2 is 2.24 bits per heavy atom. The Labute approximate surface area is 99.4 Å². The summed E-state index contributed by atoms with van der Waals surface area (Å²) in [5.74, 6) is 0.495. The van der Waals surface area contributed by atoms with Crippen LogP contribution in [0.4, 0.5) is 4.79 Å². The van der Waals surface area contributed by atoms with Gasteiger partial charge in [0.25, 0.3) is 0 Å². The second-order valence-electron chi connectivity index (χ2n) is 4.19. The fraction of sp³-hybridized carbons (Fsp3) is 0.333. The van der Waals surface area contributed by atoms with E-state index in [1.165, 1.54) is 0 Å². The van der Waals surface area contributed by atoms with Crippen LogP contribution in [0.3, 0.4) is 0 Å². The molecule has 17 heavy (non-hydrogen) atoms. The van der Waals surface area contributed by atoms with Crippen molar-refractivity contribution in [2.24, 2.45) is 7.05 Å². The first-order chi connectivity index (χ1) is 8.06. The lowest BCUT2D eigenvalue weighted by atomic mass is 10.3. The van der Waals surface area contributed by atoms with Crippen molar-refractivity contribution >= 4 is 17.1 Å². The Balaban J connectivity index is 2.17. The molecule has 1 aromatic heterocycles. The molecule has 0 fully saturated rings. The van der Waals surface area contributed by atoms with Crippen molar-refractivity contribution in [1.29, 1.82) is 0 Å². The Bertz CT molecular complexity index is 546. The predicted molar refractivity (Wildman–Crippen MR) is 65.0 cm³/mol. The van der Waals surface area contributed by atoms with Gasteiger partial charge in [0.1, 0.15) is 5.75 Å². The molecule has 0 aliphatic rings. The number of fused-ring (bicyclic) bond motifs is 1. The molecule has 1 N–H and O–H groups in total. The van der Waals surface area contributed by atoms with Gasteiger partial charge in [-0.1, -0.05) is 0 Å². The third-order valence-electron chi connectivity index (χ3n) is 2.31. The molecule has 0 atom stereocenters. The average Bonchev–Trinajstić information content (AvgIpc) is 2.58. The Morgan fingerprint density at radius 3 is 2.94 bits per heavy atom. The molecule has 0 saturated heterocycles. The molecule has 0 radical (unpaired) electrons. The van der Waals surface area contributed by atoms with Gasteiger partial charge in [-0.2, -0.15) is 0 Å². The van der Waals surface area contributed by atoms with Crippen molar-refractivity contribution in [3.8, 4) is 5.75 Å². The lowest BCUT2D eigenvalue weighted by molar-refractivity contribution is 0.198. The minimum Gasteiger partial charge on any atom is -0.410 e. The summed E-state index contributed by atoms with van der Waals surface area (Å²) in [7, 11) is 1.92. The van der Waals surface area contributed by atoms with E-state index in [0.29, 0.717) is 5.75 Å². The molecule has 0 bridgehead atoms. The van der Waals surface area contributed by atoms with Crippen LogP contribution >= 0.6 is 0 Å². The van der Waals surface area contributed by atoms with Crippen LogP contribution < -0.4 is 10.1 Å². The van der Waals surface area contributed by atoms with Gasteiger partial charge < -0.3 is 14.6 Å². The number of amides is 1. The zero-order chi connectivity index (χ0) is 12.4. The largest absolute Gasteiger partial charge is 0.412 e. The normalized spacial score (nSPS) is 10.8. The molecule has 2 aromatic rings. The summed E-state index contributed by atoms with van der Waals surface area (Å²) in [5.41, 5.74) is 1.81. The molecule has 0 aliphatic heterocycles. The molecule has 90 valence electrons. The van der Waals surface area contributed by atoms with E-state index in [4.69, 9.17) is 4.74 Å². The van der Waals surface area contributed by atoms with Gasteiger partial charge in [-0.05, 0) is 26.0 Å². The number of imidazole rings is 1. The van der Waals surface area contributed by atoms with E-state index in [2.05, 4.69) is 10.3 Å². The van der Waals surface area contributed by atoms with Crippen LogP contribution in [0.5, 0.6) is 5.75 Å². The fourth-order valence-corrected chi connectivity index (χ4v) is 1.55. The summed E-state index contributed by atoms with van der Waals surface area (Å²) in [5, 5.41) is 2.66. The molecular formula is C12H15N3O2. The van der Waals surface area contributed by atoms with Crippen LogP contribution in [0.2, 0.25) is 0 Å². The van der Waals surface area contributed by atoms with Gasteiger partial charge in [0.05, 0.1) is 17.4 Å². The highest BCUT2D eigenvalue weighted by atomic mass is 16.6. The second-order valence-corrected chi connectivity index (χ2v) is 4.19. The third-order valence-corrected chi connectivity index (χ3v) is 2.31. The molecule has 1 amide bonds. The first-order valence-corrected chi connectivity index (χ1v) is 5.45. The van der Waals surface area contributed by atoms with Gasteiger partial charge in [0, 0.05) is 19.2 Å². The van der Waals surface area contributed by atoms with E-state index in [0.717, 1.165) is 11.0 Å². The first-order valence-electron chi connectivity index (χ1n) is 5.45. The smallest absolute Gasteiger partial charge is 0.410 e. The number of rotatable bonds is 2. The van der Waals surface area contributed by atoms with Gasteiger partial charge >= 0.3 is 6.09 Å². The lowest BCUT2D eigenvalue weighted by Crippen LogP contribution is -2.32. The zero-order valence-electron chi connectivity index (χ0n) is 10.1. The van der Waals surface area contributed by atoms with Crippen LogP contribution in [0.1, 0.15) is 13.8 Å². The topological polar surface area (TPSA) is 56.1 Å². The SMILES string of the molecule is CC(C)NC(=O)Oc1ccc2c(c1)ncn2C. The van der Waals surface area contributed by atoms with Crippen molar-refractivity contribution in [3.05, 3.63) is 24.5 Å². The maximum absolute atomic E-state index is 11.4. The monoisotopic (exact) mass is 233 g/mol. The summed E-state index contributed by atoms with van der Waals surface area (Å²) in [4.78, 5) is 15.6. The van der Waals surface area contributed by atoms with E-state index in [-0.39, 0.29) is 6.04 Å². The highest BCUT2D eigenvalue weighted by Crippen LogP contribution is 2.19. The van der Waals surface area contributed by atoms with E-state index in [1.54, 1.807) is 18.5 Å². The van der Waals surface area contributed by atoms with Gasteiger partial charge in [-0.15, -0.1) is 0 Å². The van der Waals surface area contributed by atoms with Gasteiger partial charge in [0.15, 0.2) is 0 Å². The number of hydrogen-bond acceptors (Lipinski definition) is 3. The number of aryl methyl sites for hydroxylation is 1. The van der Waals surface area contributed by atoms with Crippen LogP contribution in [0, 0.1) is 0 Å². The second kappa shape index (κ2) is 4.45. The van der Waals surface area contributed by atoms with Crippen molar-refractivity contribution in [1.82, 2.24) is 14.9 Å². The summed E-state index contributed by atoms with van der Waals surface area (Å²) >= 11 is 0. The van der Waals surface area contributed by atoms with Crippen LogP contribution in [0.25, 0.3) is 11.0 Å². The van der Waals surface area contributed by atoms with Crippen LogP contribution in [-0.4, -0.2) is 21.7 Å². The summed E-state index contributed by atoms with van der Waals surface area (Å²) in [6.07, 6.45) is 1.28. The molecule has 5 nitrogen and oxygen atoms in total. The molecule has 2 rings (SSSR count). The van der Waals surface area contributed by atoms with E-state index >= 15 is 0 Å². The van der Waals surface area contributed by atoms with E-state index < -0.39 is 6.09 Å². The Hall–Kier alpha value is -2.04. The number of benzene rings is 1. The molecule has 0 unspecified atom stereocenters. The molecule has 0 aliphatic carbocycles. The van der Waals surface area contributed by atoms with Gasteiger partial charge in [-0.25, -0.2) is 9.78 Å². The molecule has 1 aromatic carbocycles. The molecular weight excluding hydrogens is 218 g/mol. The van der Waals surface area contributed by atoms with E-state index in [9.17, 15) is 4.79 Å². The highest BCUT2D eigenvalue weighted by Gasteiger charge is 2.07. The molecule has 5 heteroatoms. The first kappa shape index (κ1) is 11.4. The average molecular weight is 233 g/mol. The van der Waals surface area contributed by atoms with Gasteiger partial charge in [-0.3, -0.25) is 0 Å². The number of carbonyl (C=O) groups excluding carboxylic acids is 1. The van der Waals surface area contributed by atoms with Crippen LogP contribution in [-0.2, 0) is 7.05 Å². The van der Waals surface area contributed by atoms with E-state index in [1.807, 2.05) is 31.5 Å². The summed E-state index contributed by atoms with van der Waals surface area (Å²) in [6, 6.07) is 5.43. The number of carbonyl (C=O) groups is 1. The number of ether oxygens (including phenoxy) is 1. The fourth-order valence-electron chi connectivity index (χ4n) is 1.55. The standard InChI is InChI=1S/C12H15N3O2/c1-8(2)14-12(16)17-9-4-5-11-10(6-9)13-7-15(11)3/h4-8H,1-3H3,(H,14,16). The Kier molecular flexibility index (Phi) is 2.99. The summed E-state index contributed by atoms with van der Waals surface area (Å²) < 4.78 is 7.05. The van der Waals surface area contributed by atoms with Crippen molar-refractivity contribution in [2.75, 3.05) is 0 Å². The number of aromatic nitrogens is 2. The molecule has 0 spiro atoms. The van der Waals surface area contributed by atoms with Crippen molar-refractivity contribution in [2.45, 2.75) is 19.9 Å². The van der Waals surface area contributed by atoms with Crippen LogP contribution in [0.15, 0.2) is 24.5 Å². The number of nitrogens with one attached hydrogen (secondary N) is 1. The van der Waals surface area contributed by atoms with Gasteiger partial charge in [0.2, 0.25) is 0 Å². The lowest BCUT2D eigenvalue weighted by Gasteiger charge is -2.08. The van der Waals surface area contributed by atoms with Crippen molar-refractivity contribution in [3.63, 3.8) is 0 Å². The Morgan fingerprint density at radius 1 is 1.47 bits per heavy atom. The number of nitrogens with zero attached hydrogens (tertiary/aromatic N) is 2. The quantitative estimate of drug-likeness (QED) is 0.863. The summed E-state index contributed by atoms with van der Waals surface area (Å²) in [6.45, 7) is 3.76.